The summed E-state index contributed by atoms with van der Waals surface area (Å²) in [5.41, 5.74) is 2.54. The Bertz CT molecular complexity index is 789. The Kier molecular flexibility index (Phi) is 6.40. The summed E-state index contributed by atoms with van der Waals surface area (Å²) in [5.74, 6) is 1.16. The van der Waals surface area contributed by atoms with Gasteiger partial charge in [0.2, 0.25) is 0 Å². The summed E-state index contributed by atoms with van der Waals surface area (Å²) in [4.78, 5) is 16.4. The van der Waals surface area contributed by atoms with E-state index in [-0.39, 0.29) is 12.1 Å². The number of rotatable bonds is 5. The number of ether oxygens (including phenoxy) is 1. The van der Waals surface area contributed by atoms with Crippen LogP contribution in [0.4, 0.5) is 22.0 Å². The molecule has 0 saturated heterocycles. The number of hydrogen-bond donors (Lipinski definition) is 3. The van der Waals surface area contributed by atoms with Crippen LogP contribution in [0.5, 0.6) is 5.75 Å². The molecule has 0 spiro atoms. The minimum Gasteiger partial charge on any atom is -0.495 e. The number of amides is 2. The van der Waals surface area contributed by atoms with Crippen LogP contribution in [0.2, 0.25) is 5.02 Å². The van der Waals surface area contributed by atoms with Crippen LogP contribution in [0.3, 0.4) is 0 Å². The number of pyridine rings is 1. The Balaban J connectivity index is 1.60. The second kappa shape index (κ2) is 8.95. The second-order valence-electron chi connectivity index (χ2n) is 6.79. The van der Waals surface area contributed by atoms with Crippen LogP contribution in [-0.2, 0) is 0 Å². The van der Waals surface area contributed by atoms with Crippen molar-refractivity contribution in [3.8, 4) is 5.75 Å². The molecule has 1 aliphatic carbocycles. The lowest BCUT2D eigenvalue weighted by atomic mass is 9.96. The number of methoxy groups -OCH3 is 1. The molecule has 6 nitrogen and oxygen atoms in total. The molecule has 1 aromatic heterocycles. The number of hydrogen-bond acceptors (Lipinski definition) is 4. The topological polar surface area (TPSA) is 75.3 Å². The number of halogens is 1. The molecule has 0 bridgehead atoms. The van der Waals surface area contributed by atoms with Crippen LogP contribution < -0.4 is 20.7 Å². The van der Waals surface area contributed by atoms with Crippen molar-refractivity contribution in [2.24, 2.45) is 0 Å². The van der Waals surface area contributed by atoms with Gasteiger partial charge in [0.05, 0.1) is 24.7 Å². The summed E-state index contributed by atoms with van der Waals surface area (Å²) >= 11 is 6.14. The zero-order valence-electron chi connectivity index (χ0n) is 15.6. The first-order valence-corrected chi connectivity index (χ1v) is 9.57. The number of anilines is 3. The number of aryl methyl sites for hydroxylation is 1. The quantitative estimate of drug-likeness (QED) is 0.653. The number of aromatic nitrogens is 1. The van der Waals surface area contributed by atoms with Gasteiger partial charge in [0.25, 0.3) is 0 Å². The molecule has 144 valence electrons. The summed E-state index contributed by atoms with van der Waals surface area (Å²) in [6, 6.07) is 7.37. The highest BCUT2D eigenvalue weighted by Crippen LogP contribution is 2.33. The predicted molar refractivity (Wildman–Crippen MR) is 109 cm³/mol. The van der Waals surface area contributed by atoms with Gasteiger partial charge in [-0.25, -0.2) is 9.78 Å². The molecule has 1 fully saturated rings. The molecule has 1 saturated carbocycles. The van der Waals surface area contributed by atoms with Crippen LogP contribution >= 0.6 is 11.6 Å². The largest absolute Gasteiger partial charge is 0.495 e. The third-order valence-corrected chi connectivity index (χ3v) is 5.11. The number of carbonyl (C=O) groups excluding carboxylic acids is 1. The van der Waals surface area contributed by atoms with E-state index in [9.17, 15) is 4.79 Å². The summed E-state index contributed by atoms with van der Waals surface area (Å²) in [7, 11) is 1.60. The molecule has 27 heavy (non-hydrogen) atoms. The molecule has 3 rings (SSSR count). The standard InChI is InChI=1S/C20H25ClN4O2/c1-13-10-17(18(27-2)11-16(13)21)23-15-8-9-19(22-12-15)25-20(26)24-14-6-4-3-5-7-14/h8-12,14,23H,3-7H2,1-2H3,(H2,22,24,25,26). The summed E-state index contributed by atoms with van der Waals surface area (Å²) in [6.07, 6.45) is 7.37. The third kappa shape index (κ3) is 5.26. The number of urea groups is 1. The molecule has 1 heterocycles. The van der Waals surface area contributed by atoms with Gasteiger partial charge in [-0.2, -0.15) is 0 Å². The molecule has 0 aliphatic heterocycles. The average Bonchev–Trinajstić information content (AvgIpc) is 2.67. The molecular weight excluding hydrogens is 364 g/mol. The van der Waals surface area contributed by atoms with Gasteiger partial charge in [-0.15, -0.1) is 0 Å². The Labute approximate surface area is 164 Å². The fraction of sp³-hybridized carbons (Fsp3) is 0.400. The van der Waals surface area contributed by atoms with E-state index in [0.717, 1.165) is 29.8 Å². The van der Waals surface area contributed by atoms with Crippen molar-refractivity contribution in [3.63, 3.8) is 0 Å². The van der Waals surface area contributed by atoms with Crippen LogP contribution in [0.1, 0.15) is 37.7 Å². The molecular formula is C20H25ClN4O2. The Morgan fingerprint density at radius 3 is 2.67 bits per heavy atom. The van der Waals surface area contributed by atoms with Gasteiger partial charge in [0, 0.05) is 17.1 Å². The minimum absolute atomic E-state index is 0.204. The van der Waals surface area contributed by atoms with Crippen molar-refractivity contribution in [3.05, 3.63) is 41.0 Å². The average molecular weight is 389 g/mol. The number of nitrogens with zero attached hydrogens (tertiary/aromatic N) is 1. The first-order valence-electron chi connectivity index (χ1n) is 9.20. The minimum atomic E-state index is -0.204. The molecule has 0 radical (unpaired) electrons. The Morgan fingerprint density at radius 2 is 2.00 bits per heavy atom. The van der Waals surface area contributed by atoms with Crippen LogP contribution in [0.15, 0.2) is 30.5 Å². The van der Waals surface area contributed by atoms with Crippen LogP contribution in [0.25, 0.3) is 0 Å². The number of carbonyl (C=O) groups is 1. The maximum Gasteiger partial charge on any atom is 0.320 e. The van der Waals surface area contributed by atoms with Gasteiger partial charge in [-0.1, -0.05) is 30.9 Å². The van der Waals surface area contributed by atoms with E-state index >= 15 is 0 Å². The normalized spacial score (nSPS) is 14.5. The van der Waals surface area contributed by atoms with E-state index in [1.165, 1.54) is 19.3 Å². The van der Waals surface area contributed by atoms with E-state index in [0.29, 0.717) is 16.6 Å². The number of benzene rings is 1. The van der Waals surface area contributed by atoms with Crippen molar-refractivity contribution < 1.29 is 9.53 Å². The first kappa shape index (κ1) is 19.3. The molecule has 1 aliphatic rings. The van der Waals surface area contributed by atoms with Crippen LogP contribution in [0, 0.1) is 6.92 Å². The van der Waals surface area contributed by atoms with Crippen molar-refractivity contribution in [1.82, 2.24) is 10.3 Å². The Morgan fingerprint density at radius 1 is 1.22 bits per heavy atom. The zero-order chi connectivity index (χ0) is 19.2. The van der Waals surface area contributed by atoms with Crippen LogP contribution in [-0.4, -0.2) is 24.2 Å². The van der Waals surface area contributed by atoms with Gasteiger partial charge < -0.3 is 15.4 Å². The highest BCUT2D eigenvalue weighted by atomic mass is 35.5. The second-order valence-corrected chi connectivity index (χ2v) is 7.20. The predicted octanol–water partition coefficient (Wildman–Crippen LogP) is 5.25. The highest BCUT2D eigenvalue weighted by Gasteiger charge is 2.15. The first-order chi connectivity index (χ1) is 13.0. The number of nitrogens with one attached hydrogen (secondary N) is 3. The highest BCUT2D eigenvalue weighted by molar-refractivity contribution is 6.31. The van der Waals surface area contributed by atoms with E-state index in [1.807, 2.05) is 19.1 Å². The summed E-state index contributed by atoms with van der Waals surface area (Å²) < 4.78 is 5.37. The molecule has 7 heteroatoms. The third-order valence-electron chi connectivity index (χ3n) is 4.71. The Hall–Kier alpha value is -2.47. The van der Waals surface area contributed by atoms with Gasteiger partial charge >= 0.3 is 6.03 Å². The molecule has 3 N–H and O–H groups in total. The zero-order valence-corrected chi connectivity index (χ0v) is 16.4. The summed E-state index contributed by atoms with van der Waals surface area (Å²) in [6.45, 7) is 1.93. The van der Waals surface area contributed by atoms with Gasteiger partial charge in [0.1, 0.15) is 11.6 Å². The summed E-state index contributed by atoms with van der Waals surface area (Å²) in [5, 5.41) is 9.72. The van der Waals surface area contributed by atoms with Crippen molar-refractivity contribution in [1.29, 1.82) is 0 Å². The van der Waals surface area contributed by atoms with E-state index in [4.69, 9.17) is 16.3 Å². The molecule has 1 aromatic carbocycles. The van der Waals surface area contributed by atoms with Crippen molar-refractivity contribution in [2.75, 3.05) is 17.7 Å². The molecule has 2 amide bonds. The fourth-order valence-electron chi connectivity index (χ4n) is 3.21. The lowest BCUT2D eigenvalue weighted by Crippen LogP contribution is -2.39. The smallest absolute Gasteiger partial charge is 0.320 e. The van der Waals surface area contributed by atoms with E-state index < -0.39 is 0 Å². The maximum atomic E-state index is 12.1. The maximum absolute atomic E-state index is 12.1. The van der Waals surface area contributed by atoms with Crippen molar-refractivity contribution in [2.45, 2.75) is 45.1 Å². The van der Waals surface area contributed by atoms with Crippen molar-refractivity contribution >= 4 is 34.8 Å². The fourth-order valence-corrected chi connectivity index (χ4v) is 3.37. The van der Waals surface area contributed by atoms with Gasteiger partial charge in [0.15, 0.2) is 0 Å². The molecule has 0 unspecified atom stereocenters. The molecule has 0 atom stereocenters. The monoisotopic (exact) mass is 388 g/mol. The van der Waals surface area contributed by atoms with Gasteiger partial charge in [-0.05, 0) is 43.5 Å². The van der Waals surface area contributed by atoms with Gasteiger partial charge in [-0.3, -0.25) is 5.32 Å². The lowest BCUT2D eigenvalue weighted by molar-refractivity contribution is 0.244. The van der Waals surface area contributed by atoms with E-state index in [1.54, 1.807) is 25.4 Å². The molecule has 2 aromatic rings. The van der Waals surface area contributed by atoms with E-state index in [2.05, 4.69) is 20.9 Å². The lowest BCUT2D eigenvalue weighted by Gasteiger charge is -2.22. The SMILES string of the molecule is COc1cc(Cl)c(C)cc1Nc1ccc(NC(=O)NC2CCCCC2)nc1.